The Kier molecular flexibility index (Phi) is 4.99. The molecule has 0 aliphatic carbocycles. The van der Waals surface area contributed by atoms with Crippen molar-refractivity contribution in [1.29, 1.82) is 0 Å². The van der Waals surface area contributed by atoms with Crippen molar-refractivity contribution in [2.75, 3.05) is 13.7 Å². The minimum Gasteiger partial charge on any atom is -0.451 e. The first-order valence-electron chi connectivity index (χ1n) is 7.09. The van der Waals surface area contributed by atoms with E-state index in [1.54, 1.807) is 41.9 Å². The third kappa shape index (κ3) is 3.55. The van der Waals surface area contributed by atoms with Gasteiger partial charge in [0, 0.05) is 20.3 Å². The average Bonchev–Trinajstić information content (AvgIpc) is 2.97. The van der Waals surface area contributed by atoms with Crippen molar-refractivity contribution in [1.82, 2.24) is 9.47 Å². The zero-order chi connectivity index (χ0) is 16.1. The second kappa shape index (κ2) is 6.93. The lowest BCUT2D eigenvalue weighted by molar-refractivity contribution is -0.135. The van der Waals surface area contributed by atoms with Crippen LogP contribution >= 0.6 is 0 Å². The van der Waals surface area contributed by atoms with Crippen LogP contribution in [0.15, 0.2) is 48.7 Å². The Bertz CT molecular complexity index is 649. The van der Waals surface area contributed by atoms with E-state index in [1.165, 1.54) is 0 Å². The molecule has 1 amide bonds. The number of esters is 1. The number of aryl methyl sites for hydroxylation is 1. The van der Waals surface area contributed by atoms with E-state index in [-0.39, 0.29) is 18.6 Å². The fraction of sp³-hybridized carbons (Fsp3) is 0.294. The number of carbonyl (C=O) groups is 2. The number of rotatable bonds is 5. The number of amides is 1. The van der Waals surface area contributed by atoms with Gasteiger partial charge in [0.2, 0.25) is 0 Å². The molecule has 1 unspecified atom stereocenters. The summed E-state index contributed by atoms with van der Waals surface area (Å²) in [6.07, 6.45) is 1.75. The minimum atomic E-state index is -0.499. The second-order valence-electron chi connectivity index (χ2n) is 5.17. The van der Waals surface area contributed by atoms with E-state index in [2.05, 4.69) is 0 Å². The summed E-state index contributed by atoms with van der Waals surface area (Å²) in [5.74, 6) is -0.736. The molecule has 1 heterocycles. The van der Waals surface area contributed by atoms with Gasteiger partial charge in [-0.15, -0.1) is 0 Å². The van der Waals surface area contributed by atoms with Crippen LogP contribution in [0, 0.1) is 0 Å². The van der Waals surface area contributed by atoms with Gasteiger partial charge < -0.3 is 14.2 Å². The molecule has 0 N–H and O–H groups in total. The van der Waals surface area contributed by atoms with Crippen molar-refractivity contribution in [3.8, 4) is 0 Å². The van der Waals surface area contributed by atoms with E-state index >= 15 is 0 Å². The van der Waals surface area contributed by atoms with Crippen LogP contribution in [0.1, 0.15) is 29.0 Å². The number of hydrogen-bond donors (Lipinski definition) is 0. The molecule has 0 aliphatic rings. The van der Waals surface area contributed by atoms with Crippen LogP contribution in [0.25, 0.3) is 0 Å². The quantitative estimate of drug-likeness (QED) is 0.797. The predicted octanol–water partition coefficient (Wildman–Crippen LogP) is 2.40. The SMILES string of the molecule is CC(c1ccccc1)N(C)C(=O)COC(=O)c1cccn1C. The molecule has 22 heavy (non-hydrogen) atoms. The highest BCUT2D eigenvalue weighted by Crippen LogP contribution is 2.18. The lowest BCUT2D eigenvalue weighted by atomic mass is 10.1. The summed E-state index contributed by atoms with van der Waals surface area (Å²) >= 11 is 0. The summed E-state index contributed by atoms with van der Waals surface area (Å²) in [5.41, 5.74) is 1.46. The van der Waals surface area contributed by atoms with Gasteiger partial charge in [-0.25, -0.2) is 4.79 Å². The van der Waals surface area contributed by atoms with Crippen LogP contribution in [-0.4, -0.2) is 35.0 Å². The lowest BCUT2D eigenvalue weighted by Gasteiger charge is -2.25. The fourth-order valence-electron chi connectivity index (χ4n) is 2.15. The smallest absolute Gasteiger partial charge is 0.355 e. The number of hydrogen-bond acceptors (Lipinski definition) is 3. The van der Waals surface area contributed by atoms with E-state index in [9.17, 15) is 9.59 Å². The normalized spacial score (nSPS) is 11.8. The molecule has 1 atom stereocenters. The van der Waals surface area contributed by atoms with Gasteiger partial charge >= 0.3 is 5.97 Å². The Morgan fingerprint density at radius 3 is 2.45 bits per heavy atom. The molecular weight excluding hydrogens is 280 g/mol. The summed E-state index contributed by atoms with van der Waals surface area (Å²) in [7, 11) is 3.46. The molecule has 0 saturated carbocycles. The Balaban J connectivity index is 1.92. The third-order valence-corrected chi connectivity index (χ3v) is 3.74. The number of nitrogens with zero attached hydrogens (tertiary/aromatic N) is 2. The van der Waals surface area contributed by atoms with E-state index in [4.69, 9.17) is 4.74 Å². The van der Waals surface area contributed by atoms with Crippen molar-refractivity contribution in [3.05, 3.63) is 59.9 Å². The van der Waals surface area contributed by atoms with Gasteiger partial charge in [-0.1, -0.05) is 30.3 Å². The highest BCUT2D eigenvalue weighted by atomic mass is 16.5. The largest absolute Gasteiger partial charge is 0.451 e. The van der Waals surface area contributed by atoms with Crippen LogP contribution in [0.3, 0.4) is 0 Å². The molecule has 1 aromatic heterocycles. The van der Waals surface area contributed by atoms with Gasteiger partial charge in [0.15, 0.2) is 6.61 Å². The van der Waals surface area contributed by atoms with Crippen molar-refractivity contribution in [3.63, 3.8) is 0 Å². The van der Waals surface area contributed by atoms with Gasteiger partial charge in [0.25, 0.3) is 5.91 Å². The maximum absolute atomic E-state index is 12.2. The molecule has 2 aromatic rings. The lowest BCUT2D eigenvalue weighted by Crippen LogP contribution is -2.33. The number of aromatic nitrogens is 1. The molecule has 5 nitrogen and oxygen atoms in total. The van der Waals surface area contributed by atoms with Gasteiger partial charge in [-0.05, 0) is 24.6 Å². The van der Waals surface area contributed by atoms with Crippen LogP contribution in [-0.2, 0) is 16.6 Å². The molecule has 0 radical (unpaired) electrons. The van der Waals surface area contributed by atoms with Crippen molar-refractivity contribution in [2.45, 2.75) is 13.0 Å². The molecule has 0 aliphatic heterocycles. The second-order valence-corrected chi connectivity index (χ2v) is 5.17. The summed E-state index contributed by atoms with van der Waals surface area (Å²) in [6.45, 7) is 1.67. The molecule has 1 aromatic carbocycles. The van der Waals surface area contributed by atoms with Gasteiger partial charge in [0.1, 0.15) is 5.69 Å². The Labute approximate surface area is 130 Å². The summed E-state index contributed by atoms with van der Waals surface area (Å²) in [5, 5.41) is 0. The van der Waals surface area contributed by atoms with Crippen LogP contribution in [0.4, 0.5) is 0 Å². The van der Waals surface area contributed by atoms with E-state index in [0.717, 1.165) is 5.56 Å². The monoisotopic (exact) mass is 300 g/mol. The van der Waals surface area contributed by atoms with Gasteiger partial charge in [0.05, 0.1) is 6.04 Å². The molecule has 5 heteroatoms. The average molecular weight is 300 g/mol. The Hall–Kier alpha value is -2.56. The zero-order valence-electron chi connectivity index (χ0n) is 13.0. The van der Waals surface area contributed by atoms with Crippen LogP contribution < -0.4 is 0 Å². The van der Waals surface area contributed by atoms with Crippen molar-refractivity contribution < 1.29 is 14.3 Å². The molecule has 116 valence electrons. The van der Waals surface area contributed by atoms with Crippen molar-refractivity contribution >= 4 is 11.9 Å². The molecule has 0 bridgehead atoms. The highest BCUT2D eigenvalue weighted by Gasteiger charge is 2.19. The maximum Gasteiger partial charge on any atom is 0.355 e. The van der Waals surface area contributed by atoms with E-state index in [0.29, 0.717) is 5.69 Å². The molecular formula is C17H20N2O3. The Morgan fingerprint density at radius 1 is 1.18 bits per heavy atom. The standard InChI is InChI=1S/C17H20N2O3/c1-13(14-8-5-4-6-9-14)19(3)16(20)12-22-17(21)15-10-7-11-18(15)2/h4-11,13H,12H2,1-3H3. The molecule has 0 fully saturated rings. The van der Waals surface area contributed by atoms with Crippen LogP contribution in [0.5, 0.6) is 0 Å². The van der Waals surface area contributed by atoms with E-state index in [1.807, 2.05) is 37.3 Å². The number of benzene rings is 1. The van der Waals surface area contributed by atoms with Crippen molar-refractivity contribution in [2.24, 2.45) is 7.05 Å². The zero-order valence-corrected chi connectivity index (χ0v) is 13.0. The first-order chi connectivity index (χ1) is 10.5. The predicted molar refractivity (Wildman–Crippen MR) is 83.3 cm³/mol. The Morgan fingerprint density at radius 2 is 1.86 bits per heavy atom. The van der Waals surface area contributed by atoms with Gasteiger partial charge in [-0.2, -0.15) is 0 Å². The van der Waals surface area contributed by atoms with Gasteiger partial charge in [-0.3, -0.25) is 4.79 Å². The topological polar surface area (TPSA) is 51.5 Å². The van der Waals surface area contributed by atoms with E-state index < -0.39 is 5.97 Å². The number of likely N-dealkylation sites (N-methyl/N-ethyl adjacent to an activating group) is 1. The first-order valence-corrected chi connectivity index (χ1v) is 7.09. The summed E-state index contributed by atoms with van der Waals surface area (Å²) in [4.78, 5) is 25.6. The number of ether oxygens (including phenoxy) is 1. The summed E-state index contributed by atoms with van der Waals surface area (Å²) in [6, 6.07) is 13.0. The molecule has 2 rings (SSSR count). The third-order valence-electron chi connectivity index (χ3n) is 3.74. The minimum absolute atomic E-state index is 0.0811. The van der Waals surface area contributed by atoms with Crippen LogP contribution in [0.2, 0.25) is 0 Å². The molecule has 0 spiro atoms. The highest BCUT2D eigenvalue weighted by molar-refractivity contribution is 5.90. The molecule has 0 saturated heterocycles. The maximum atomic E-state index is 12.2. The fourth-order valence-corrected chi connectivity index (χ4v) is 2.15. The number of carbonyl (C=O) groups excluding carboxylic acids is 2. The summed E-state index contributed by atoms with van der Waals surface area (Å²) < 4.78 is 6.74. The first kappa shape index (κ1) is 15.8.